The van der Waals surface area contributed by atoms with Crippen molar-refractivity contribution in [1.82, 2.24) is 10.2 Å². The van der Waals surface area contributed by atoms with Crippen LogP contribution in [0.25, 0.3) is 0 Å². The molecule has 1 heterocycles. The zero-order valence-electron chi connectivity index (χ0n) is 13.3. The third kappa shape index (κ3) is 4.69. The van der Waals surface area contributed by atoms with E-state index in [-0.39, 0.29) is 36.3 Å². The van der Waals surface area contributed by atoms with Crippen LogP contribution in [-0.4, -0.2) is 30.4 Å². The van der Waals surface area contributed by atoms with Gasteiger partial charge in [-0.1, -0.05) is 29.8 Å². The van der Waals surface area contributed by atoms with Crippen LogP contribution in [0.2, 0.25) is 5.02 Å². The molecule has 1 atom stereocenters. The molecule has 0 saturated carbocycles. The summed E-state index contributed by atoms with van der Waals surface area (Å²) >= 11 is 6.05. The van der Waals surface area contributed by atoms with Crippen molar-refractivity contribution in [1.29, 1.82) is 0 Å². The largest absolute Gasteiger partial charge is 0.333 e. The van der Waals surface area contributed by atoms with Crippen LogP contribution in [0.15, 0.2) is 42.5 Å². The second-order valence-electron chi connectivity index (χ2n) is 5.77. The molecule has 0 spiro atoms. The molecular weight excluding hydrogens is 369 g/mol. The van der Waals surface area contributed by atoms with E-state index in [2.05, 4.69) is 5.32 Å². The monoisotopic (exact) mass is 386 g/mol. The van der Waals surface area contributed by atoms with E-state index >= 15 is 0 Å². The van der Waals surface area contributed by atoms with Gasteiger partial charge in [0.1, 0.15) is 11.6 Å². The van der Waals surface area contributed by atoms with E-state index < -0.39 is 11.6 Å². The first kappa shape index (κ1) is 19.6. The Morgan fingerprint density at radius 2 is 2.04 bits per heavy atom. The Bertz CT molecular complexity index is 758. The van der Waals surface area contributed by atoms with Crippen LogP contribution in [0.5, 0.6) is 0 Å². The number of amides is 1. The maximum Gasteiger partial charge on any atom is 0.227 e. The van der Waals surface area contributed by atoms with Gasteiger partial charge in [-0.2, -0.15) is 0 Å². The lowest BCUT2D eigenvalue weighted by Crippen LogP contribution is -2.49. The second kappa shape index (κ2) is 8.61. The first-order valence-corrected chi connectivity index (χ1v) is 8.12. The van der Waals surface area contributed by atoms with Gasteiger partial charge in [-0.05, 0) is 29.3 Å². The predicted octanol–water partition coefficient (Wildman–Crippen LogP) is 3.76. The molecule has 2 aromatic rings. The number of hydrogen-bond acceptors (Lipinski definition) is 2. The van der Waals surface area contributed by atoms with Gasteiger partial charge in [0.05, 0.1) is 12.5 Å². The van der Waals surface area contributed by atoms with Crippen molar-refractivity contribution >= 4 is 29.9 Å². The van der Waals surface area contributed by atoms with E-state index in [1.807, 2.05) is 18.2 Å². The number of carbonyl (C=O) groups is 1. The molecule has 1 N–H and O–H groups in total. The van der Waals surface area contributed by atoms with Crippen molar-refractivity contribution in [3.8, 4) is 0 Å². The molecule has 1 saturated heterocycles. The van der Waals surface area contributed by atoms with Gasteiger partial charge in [0, 0.05) is 30.7 Å². The van der Waals surface area contributed by atoms with Crippen molar-refractivity contribution in [3.63, 3.8) is 0 Å². The minimum atomic E-state index is -0.696. The standard InChI is InChI=1S/C18H17ClF2N2O.ClH/c19-14-3-1-2-13(8-14)17-11-22-6-7-23(17)18(24)9-12-4-5-15(20)10-16(12)21;/h1-5,8,10,17,22H,6-7,9,11H2;1H. The molecule has 3 rings (SSSR count). The molecule has 0 radical (unpaired) electrons. The molecule has 2 aromatic carbocycles. The molecular formula is C18H18Cl2F2N2O. The number of nitrogens with one attached hydrogen (secondary N) is 1. The summed E-state index contributed by atoms with van der Waals surface area (Å²) in [5.74, 6) is -1.53. The fourth-order valence-electron chi connectivity index (χ4n) is 2.94. The molecule has 1 amide bonds. The number of nitrogens with zero attached hydrogens (tertiary/aromatic N) is 1. The maximum atomic E-state index is 13.8. The SMILES string of the molecule is Cl.O=C(Cc1ccc(F)cc1F)N1CCNCC1c1cccc(Cl)c1. The summed E-state index contributed by atoms with van der Waals surface area (Å²) in [7, 11) is 0. The Morgan fingerprint density at radius 3 is 2.76 bits per heavy atom. The average molecular weight is 387 g/mol. The fourth-order valence-corrected chi connectivity index (χ4v) is 3.14. The number of halogens is 4. The molecule has 0 aromatic heterocycles. The summed E-state index contributed by atoms with van der Waals surface area (Å²) < 4.78 is 26.8. The highest BCUT2D eigenvalue weighted by Crippen LogP contribution is 2.25. The molecule has 25 heavy (non-hydrogen) atoms. The van der Waals surface area contributed by atoms with Crippen LogP contribution in [0.3, 0.4) is 0 Å². The summed E-state index contributed by atoms with van der Waals surface area (Å²) in [6, 6.07) is 10.5. The van der Waals surface area contributed by atoms with E-state index in [0.717, 1.165) is 17.7 Å². The summed E-state index contributed by atoms with van der Waals surface area (Å²) in [4.78, 5) is 14.4. The Morgan fingerprint density at radius 1 is 1.24 bits per heavy atom. The third-order valence-electron chi connectivity index (χ3n) is 4.15. The minimum Gasteiger partial charge on any atom is -0.333 e. The lowest BCUT2D eigenvalue weighted by Gasteiger charge is -2.36. The lowest BCUT2D eigenvalue weighted by molar-refractivity contribution is -0.133. The van der Waals surface area contributed by atoms with E-state index in [4.69, 9.17) is 11.6 Å². The van der Waals surface area contributed by atoms with E-state index in [1.54, 1.807) is 11.0 Å². The minimum absolute atomic E-state index is 0. The van der Waals surface area contributed by atoms with Crippen LogP contribution >= 0.6 is 24.0 Å². The highest BCUT2D eigenvalue weighted by molar-refractivity contribution is 6.30. The predicted molar refractivity (Wildman–Crippen MR) is 96.1 cm³/mol. The van der Waals surface area contributed by atoms with E-state index in [9.17, 15) is 13.6 Å². The molecule has 1 fully saturated rings. The average Bonchev–Trinajstić information content (AvgIpc) is 2.57. The van der Waals surface area contributed by atoms with Crippen molar-refractivity contribution in [2.45, 2.75) is 12.5 Å². The van der Waals surface area contributed by atoms with Gasteiger partial charge < -0.3 is 10.2 Å². The van der Waals surface area contributed by atoms with Gasteiger partial charge in [0.15, 0.2) is 0 Å². The molecule has 1 aliphatic rings. The Kier molecular flexibility index (Phi) is 6.76. The number of piperazine rings is 1. The van der Waals surface area contributed by atoms with Gasteiger partial charge in [-0.3, -0.25) is 4.79 Å². The van der Waals surface area contributed by atoms with Crippen LogP contribution in [0.4, 0.5) is 8.78 Å². The highest BCUT2D eigenvalue weighted by atomic mass is 35.5. The van der Waals surface area contributed by atoms with E-state index in [1.165, 1.54) is 6.07 Å². The zero-order chi connectivity index (χ0) is 17.1. The van der Waals surface area contributed by atoms with E-state index in [0.29, 0.717) is 24.7 Å². The number of rotatable bonds is 3. The topological polar surface area (TPSA) is 32.3 Å². The van der Waals surface area contributed by atoms with Gasteiger partial charge in [-0.15, -0.1) is 12.4 Å². The Hall–Kier alpha value is -1.69. The molecule has 0 bridgehead atoms. The molecule has 134 valence electrons. The molecule has 1 unspecified atom stereocenters. The maximum absolute atomic E-state index is 13.8. The summed E-state index contributed by atoms with van der Waals surface area (Å²) in [5, 5.41) is 3.87. The first-order valence-electron chi connectivity index (χ1n) is 7.74. The van der Waals surface area contributed by atoms with Crippen molar-refractivity contribution in [3.05, 3.63) is 70.2 Å². The zero-order valence-corrected chi connectivity index (χ0v) is 14.9. The molecule has 0 aliphatic carbocycles. The summed E-state index contributed by atoms with van der Waals surface area (Å²) in [5.41, 5.74) is 1.13. The van der Waals surface area contributed by atoms with Crippen molar-refractivity contribution in [2.75, 3.05) is 19.6 Å². The van der Waals surface area contributed by atoms with Gasteiger partial charge in [0.25, 0.3) is 0 Å². The van der Waals surface area contributed by atoms with Crippen LogP contribution < -0.4 is 5.32 Å². The lowest BCUT2D eigenvalue weighted by atomic mass is 10.0. The van der Waals surface area contributed by atoms with Crippen LogP contribution in [0, 0.1) is 11.6 Å². The molecule has 1 aliphatic heterocycles. The van der Waals surface area contributed by atoms with Gasteiger partial charge in [-0.25, -0.2) is 8.78 Å². The summed E-state index contributed by atoms with van der Waals surface area (Å²) in [6.07, 6.45) is -0.0941. The third-order valence-corrected chi connectivity index (χ3v) is 4.39. The molecule has 3 nitrogen and oxygen atoms in total. The van der Waals surface area contributed by atoms with Crippen molar-refractivity contribution in [2.24, 2.45) is 0 Å². The summed E-state index contributed by atoms with van der Waals surface area (Å²) in [6.45, 7) is 1.81. The van der Waals surface area contributed by atoms with Gasteiger partial charge >= 0.3 is 0 Å². The van der Waals surface area contributed by atoms with Crippen molar-refractivity contribution < 1.29 is 13.6 Å². The normalized spacial score (nSPS) is 17.1. The Labute approximate surface area is 156 Å². The number of carbonyl (C=O) groups excluding carboxylic acids is 1. The molecule has 7 heteroatoms. The second-order valence-corrected chi connectivity index (χ2v) is 6.21. The van der Waals surface area contributed by atoms with Gasteiger partial charge in [0.2, 0.25) is 5.91 Å². The smallest absolute Gasteiger partial charge is 0.227 e. The highest BCUT2D eigenvalue weighted by Gasteiger charge is 2.28. The fraction of sp³-hybridized carbons (Fsp3) is 0.278. The number of hydrogen-bond donors (Lipinski definition) is 1. The van der Waals surface area contributed by atoms with Crippen LogP contribution in [-0.2, 0) is 11.2 Å². The number of benzene rings is 2. The quantitative estimate of drug-likeness (QED) is 0.870. The Balaban J connectivity index is 0.00000225. The first-order chi connectivity index (χ1) is 11.5. The van der Waals surface area contributed by atoms with Crippen LogP contribution in [0.1, 0.15) is 17.2 Å².